The minimum Gasteiger partial charge on any atom is -0.383 e. The number of nitrogens with zero attached hydrogens (tertiary/aromatic N) is 2. The lowest BCUT2D eigenvalue weighted by Gasteiger charge is -2.22. The second-order valence-electron chi connectivity index (χ2n) is 4.96. The molecule has 0 unspecified atom stereocenters. The summed E-state index contributed by atoms with van der Waals surface area (Å²) in [5.74, 6) is 0.124. The van der Waals surface area contributed by atoms with Gasteiger partial charge in [-0.05, 0) is 41.3 Å². The molecule has 0 spiro atoms. The number of hydrogen-bond donors (Lipinski definition) is 0. The van der Waals surface area contributed by atoms with Crippen molar-refractivity contribution in [3.8, 4) is 0 Å². The molecule has 0 atom stereocenters. The minimum atomic E-state index is 0.124. The van der Waals surface area contributed by atoms with Crippen molar-refractivity contribution in [2.75, 3.05) is 20.3 Å². The normalized spacial score (nSPS) is 14.7. The Morgan fingerprint density at radius 3 is 2.89 bits per heavy atom. The summed E-state index contributed by atoms with van der Waals surface area (Å²) in [6, 6.07) is 2.33. The van der Waals surface area contributed by atoms with Gasteiger partial charge in [-0.2, -0.15) is 0 Å². The Morgan fingerprint density at radius 2 is 2.32 bits per heavy atom. The predicted molar refractivity (Wildman–Crippen MR) is 78.4 cm³/mol. The Kier molecular flexibility index (Phi) is 5.05. The molecule has 0 radical (unpaired) electrons. The lowest BCUT2D eigenvalue weighted by atomic mass is 10.3. The zero-order valence-corrected chi connectivity index (χ0v) is 13.1. The predicted octanol–water partition coefficient (Wildman–Crippen LogP) is 2.91. The minimum absolute atomic E-state index is 0.124. The first-order valence-electron chi connectivity index (χ1n) is 6.83. The zero-order valence-electron chi connectivity index (χ0n) is 11.6. The van der Waals surface area contributed by atoms with E-state index in [1.807, 2.05) is 21.7 Å². The van der Waals surface area contributed by atoms with Crippen molar-refractivity contribution in [2.24, 2.45) is 0 Å². The standard InChI is InChI=1S/C14H21BrN2O2/c1-3-6-16-10-11(15)9-13(16)14(18)17(7-8-19-2)12-4-5-12/h9-10,12H,3-8H2,1-2H3. The molecule has 1 fully saturated rings. The van der Waals surface area contributed by atoms with Crippen molar-refractivity contribution in [3.63, 3.8) is 0 Å². The van der Waals surface area contributed by atoms with Crippen LogP contribution in [0.3, 0.4) is 0 Å². The molecule has 0 aromatic carbocycles. The van der Waals surface area contributed by atoms with Crippen LogP contribution >= 0.6 is 15.9 Å². The number of rotatable bonds is 7. The number of amides is 1. The molecule has 1 aromatic rings. The van der Waals surface area contributed by atoms with Crippen molar-refractivity contribution in [3.05, 3.63) is 22.4 Å². The monoisotopic (exact) mass is 328 g/mol. The van der Waals surface area contributed by atoms with Crippen molar-refractivity contribution < 1.29 is 9.53 Å². The maximum absolute atomic E-state index is 12.7. The molecular formula is C14H21BrN2O2. The van der Waals surface area contributed by atoms with Crippen LogP contribution < -0.4 is 0 Å². The second kappa shape index (κ2) is 6.57. The fourth-order valence-corrected chi connectivity index (χ4v) is 2.72. The molecule has 1 heterocycles. The molecule has 0 N–H and O–H groups in total. The van der Waals surface area contributed by atoms with Crippen LogP contribution in [0.25, 0.3) is 0 Å². The van der Waals surface area contributed by atoms with Crippen molar-refractivity contribution in [1.29, 1.82) is 0 Å². The highest BCUT2D eigenvalue weighted by Gasteiger charge is 2.33. The summed E-state index contributed by atoms with van der Waals surface area (Å²) < 4.78 is 8.11. The Balaban J connectivity index is 2.15. The van der Waals surface area contributed by atoms with E-state index in [9.17, 15) is 4.79 Å². The summed E-state index contributed by atoms with van der Waals surface area (Å²) in [4.78, 5) is 14.6. The number of carbonyl (C=O) groups is 1. The van der Waals surface area contributed by atoms with Crippen LogP contribution in [-0.2, 0) is 11.3 Å². The molecule has 0 saturated heterocycles. The van der Waals surface area contributed by atoms with Gasteiger partial charge < -0.3 is 14.2 Å². The smallest absolute Gasteiger partial charge is 0.270 e. The average molecular weight is 329 g/mol. The molecule has 5 heteroatoms. The molecular weight excluding hydrogens is 308 g/mol. The van der Waals surface area contributed by atoms with E-state index < -0.39 is 0 Å². The highest BCUT2D eigenvalue weighted by molar-refractivity contribution is 9.10. The maximum atomic E-state index is 12.7. The molecule has 106 valence electrons. The van der Waals surface area contributed by atoms with Gasteiger partial charge in [0.05, 0.1) is 6.61 Å². The molecule has 4 nitrogen and oxygen atoms in total. The zero-order chi connectivity index (χ0) is 13.8. The summed E-state index contributed by atoms with van der Waals surface area (Å²) in [5, 5.41) is 0. The van der Waals surface area contributed by atoms with E-state index in [2.05, 4.69) is 22.9 Å². The maximum Gasteiger partial charge on any atom is 0.270 e. The molecule has 0 bridgehead atoms. The largest absolute Gasteiger partial charge is 0.383 e. The highest BCUT2D eigenvalue weighted by Crippen LogP contribution is 2.29. The Labute approximate surface area is 122 Å². The van der Waals surface area contributed by atoms with Crippen LogP contribution in [0, 0.1) is 0 Å². The quantitative estimate of drug-likeness (QED) is 0.771. The van der Waals surface area contributed by atoms with Crippen molar-refractivity contribution >= 4 is 21.8 Å². The molecule has 1 aliphatic carbocycles. The first-order chi connectivity index (χ1) is 9.17. The first-order valence-corrected chi connectivity index (χ1v) is 7.62. The van der Waals surface area contributed by atoms with E-state index in [1.165, 1.54) is 0 Å². The summed E-state index contributed by atoms with van der Waals surface area (Å²) in [5.41, 5.74) is 0.775. The molecule has 1 aliphatic rings. The summed E-state index contributed by atoms with van der Waals surface area (Å²) >= 11 is 3.46. The Bertz CT molecular complexity index is 441. The number of aryl methyl sites for hydroxylation is 1. The van der Waals surface area contributed by atoms with Gasteiger partial charge in [0.2, 0.25) is 0 Å². The molecule has 19 heavy (non-hydrogen) atoms. The highest BCUT2D eigenvalue weighted by atomic mass is 79.9. The van der Waals surface area contributed by atoms with E-state index >= 15 is 0 Å². The van der Waals surface area contributed by atoms with Gasteiger partial charge in [0, 0.05) is 36.9 Å². The summed E-state index contributed by atoms with van der Waals surface area (Å²) in [7, 11) is 1.67. The van der Waals surface area contributed by atoms with E-state index in [-0.39, 0.29) is 5.91 Å². The van der Waals surface area contributed by atoms with Crippen molar-refractivity contribution in [1.82, 2.24) is 9.47 Å². The number of ether oxygens (including phenoxy) is 1. The fourth-order valence-electron chi connectivity index (χ4n) is 2.25. The van der Waals surface area contributed by atoms with Gasteiger partial charge in [-0.3, -0.25) is 4.79 Å². The third-order valence-electron chi connectivity index (χ3n) is 3.33. The molecule has 1 saturated carbocycles. The van der Waals surface area contributed by atoms with Gasteiger partial charge in [0.1, 0.15) is 5.69 Å². The topological polar surface area (TPSA) is 34.5 Å². The Hall–Kier alpha value is -0.810. The third kappa shape index (κ3) is 3.60. The molecule has 0 aliphatic heterocycles. The van der Waals surface area contributed by atoms with E-state index in [4.69, 9.17) is 4.74 Å². The number of aromatic nitrogens is 1. The van der Waals surface area contributed by atoms with Crippen LogP contribution in [0.5, 0.6) is 0 Å². The number of carbonyl (C=O) groups excluding carboxylic acids is 1. The van der Waals surface area contributed by atoms with E-state index in [0.29, 0.717) is 19.2 Å². The van der Waals surface area contributed by atoms with E-state index in [1.54, 1.807) is 7.11 Å². The number of methoxy groups -OCH3 is 1. The Morgan fingerprint density at radius 1 is 1.58 bits per heavy atom. The van der Waals surface area contributed by atoms with Gasteiger partial charge in [0.25, 0.3) is 5.91 Å². The SMILES string of the molecule is CCCn1cc(Br)cc1C(=O)N(CCOC)C1CC1. The molecule has 1 aromatic heterocycles. The molecule has 2 rings (SSSR count). The lowest BCUT2D eigenvalue weighted by Crippen LogP contribution is -2.37. The van der Waals surface area contributed by atoms with Crippen LogP contribution in [0.2, 0.25) is 0 Å². The van der Waals surface area contributed by atoms with Crippen LogP contribution in [-0.4, -0.2) is 41.7 Å². The first kappa shape index (κ1) is 14.6. The molecule has 1 amide bonds. The van der Waals surface area contributed by atoms with Gasteiger partial charge in [-0.1, -0.05) is 6.92 Å². The fraction of sp³-hybridized carbons (Fsp3) is 0.643. The van der Waals surface area contributed by atoms with Crippen LogP contribution in [0.4, 0.5) is 0 Å². The van der Waals surface area contributed by atoms with Gasteiger partial charge >= 0.3 is 0 Å². The van der Waals surface area contributed by atoms with Crippen molar-refractivity contribution in [2.45, 2.75) is 38.8 Å². The van der Waals surface area contributed by atoms with Gasteiger partial charge in [-0.25, -0.2) is 0 Å². The lowest BCUT2D eigenvalue weighted by molar-refractivity contribution is 0.0669. The third-order valence-corrected chi connectivity index (χ3v) is 3.77. The average Bonchev–Trinajstić information content (AvgIpc) is 3.14. The summed E-state index contributed by atoms with van der Waals surface area (Å²) in [6.45, 7) is 4.26. The van der Waals surface area contributed by atoms with E-state index in [0.717, 1.165) is 36.0 Å². The second-order valence-corrected chi connectivity index (χ2v) is 5.88. The number of halogens is 1. The number of hydrogen-bond acceptors (Lipinski definition) is 2. The van der Waals surface area contributed by atoms with Gasteiger partial charge in [-0.15, -0.1) is 0 Å². The van der Waals surface area contributed by atoms with Gasteiger partial charge in [0.15, 0.2) is 0 Å². The van der Waals surface area contributed by atoms with Crippen LogP contribution in [0.15, 0.2) is 16.7 Å². The van der Waals surface area contributed by atoms with Crippen LogP contribution in [0.1, 0.15) is 36.7 Å². The summed E-state index contributed by atoms with van der Waals surface area (Å²) in [6.07, 6.45) is 5.23.